The molecule has 0 heterocycles. The van der Waals surface area contributed by atoms with Crippen LogP contribution in [0.2, 0.25) is 0 Å². The van der Waals surface area contributed by atoms with Crippen molar-refractivity contribution in [1.82, 2.24) is 0 Å². The third-order valence-corrected chi connectivity index (χ3v) is 3.02. The number of rotatable bonds is 2. The molecule has 4 nitrogen and oxygen atoms in total. The molecule has 0 aliphatic carbocycles. The highest BCUT2D eigenvalue weighted by atomic mass is 79.9. The maximum absolute atomic E-state index is 13.1. The SMILES string of the molecule is O=C=NS(=O)(=O)c1ccc(Br)cc1F. The van der Waals surface area contributed by atoms with Crippen LogP contribution in [0.3, 0.4) is 0 Å². The molecule has 1 aromatic carbocycles. The largest absolute Gasteiger partial charge is 0.295 e. The molecule has 0 saturated heterocycles. The summed E-state index contributed by atoms with van der Waals surface area (Å²) in [5.74, 6) is -0.974. The summed E-state index contributed by atoms with van der Waals surface area (Å²) in [6, 6.07) is 3.30. The van der Waals surface area contributed by atoms with Gasteiger partial charge in [0, 0.05) is 4.47 Å². The first-order valence-corrected chi connectivity index (χ1v) is 5.50. The van der Waals surface area contributed by atoms with Gasteiger partial charge in [0.25, 0.3) is 16.1 Å². The van der Waals surface area contributed by atoms with Crippen LogP contribution in [-0.4, -0.2) is 14.5 Å². The fraction of sp³-hybridized carbons (Fsp3) is 0. The molecule has 0 bridgehead atoms. The van der Waals surface area contributed by atoms with Crippen molar-refractivity contribution >= 4 is 32.0 Å². The third-order valence-electron chi connectivity index (χ3n) is 1.33. The van der Waals surface area contributed by atoms with Crippen LogP contribution in [0.25, 0.3) is 0 Å². The highest BCUT2D eigenvalue weighted by Gasteiger charge is 2.17. The molecular formula is C7H3BrFNO3S. The number of halogens is 2. The normalized spacial score (nSPS) is 10.7. The minimum Gasteiger partial charge on any atom is -0.210 e. The second kappa shape index (κ2) is 4.00. The molecule has 0 saturated carbocycles. The lowest BCUT2D eigenvalue weighted by molar-refractivity contribution is 0.559. The molecule has 0 spiro atoms. The predicted octanol–water partition coefficient (Wildman–Crippen LogP) is 1.61. The lowest BCUT2D eigenvalue weighted by Crippen LogP contribution is -1.99. The molecule has 7 heteroatoms. The van der Waals surface area contributed by atoms with Crippen LogP contribution in [0.1, 0.15) is 0 Å². The lowest BCUT2D eigenvalue weighted by atomic mass is 10.3. The van der Waals surface area contributed by atoms with Gasteiger partial charge in [-0.2, -0.15) is 8.42 Å². The smallest absolute Gasteiger partial charge is 0.210 e. The van der Waals surface area contributed by atoms with Gasteiger partial charge in [0.05, 0.1) is 0 Å². The van der Waals surface area contributed by atoms with Crippen molar-refractivity contribution in [2.45, 2.75) is 4.90 Å². The van der Waals surface area contributed by atoms with Crippen molar-refractivity contribution in [1.29, 1.82) is 0 Å². The van der Waals surface area contributed by atoms with Crippen molar-refractivity contribution in [3.8, 4) is 0 Å². The summed E-state index contributed by atoms with van der Waals surface area (Å²) in [6.07, 6.45) is 0.857. The summed E-state index contributed by atoms with van der Waals surface area (Å²) in [6.45, 7) is 0. The van der Waals surface area contributed by atoms with E-state index in [-0.39, 0.29) is 0 Å². The first-order chi connectivity index (χ1) is 6.47. The van der Waals surface area contributed by atoms with Gasteiger partial charge in [-0.05, 0) is 18.2 Å². The highest BCUT2D eigenvalue weighted by molar-refractivity contribution is 9.10. The molecule has 0 fully saturated rings. The zero-order valence-corrected chi connectivity index (χ0v) is 8.97. The van der Waals surface area contributed by atoms with Gasteiger partial charge < -0.3 is 0 Å². The fourth-order valence-corrected chi connectivity index (χ4v) is 1.86. The van der Waals surface area contributed by atoms with E-state index in [2.05, 4.69) is 20.3 Å². The van der Waals surface area contributed by atoms with E-state index in [9.17, 15) is 17.6 Å². The van der Waals surface area contributed by atoms with Crippen molar-refractivity contribution < 1.29 is 17.6 Å². The summed E-state index contributed by atoms with van der Waals surface area (Å²) in [5.41, 5.74) is 0. The van der Waals surface area contributed by atoms with Gasteiger partial charge in [0.15, 0.2) is 0 Å². The second-order valence-corrected chi connectivity index (χ2v) is 4.72. The zero-order chi connectivity index (χ0) is 10.8. The van der Waals surface area contributed by atoms with E-state index in [1.54, 1.807) is 0 Å². The highest BCUT2D eigenvalue weighted by Crippen LogP contribution is 2.20. The zero-order valence-electron chi connectivity index (χ0n) is 6.57. The molecule has 1 rings (SSSR count). The average Bonchev–Trinajstić information content (AvgIpc) is 2.02. The lowest BCUT2D eigenvalue weighted by Gasteiger charge is -1.98. The quantitative estimate of drug-likeness (QED) is 0.610. The number of isocyanates is 1. The van der Waals surface area contributed by atoms with E-state index < -0.39 is 20.7 Å². The fourth-order valence-electron chi connectivity index (χ4n) is 0.783. The molecular weight excluding hydrogens is 277 g/mol. The van der Waals surface area contributed by atoms with Crippen LogP contribution in [0.4, 0.5) is 4.39 Å². The van der Waals surface area contributed by atoms with Crippen LogP contribution >= 0.6 is 15.9 Å². The van der Waals surface area contributed by atoms with Crippen molar-refractivity contribution in [3.63, 3.8) is 0 Å². The Kier molecular flexibility index (Phi) is 3.15. The maximum Gasteiger partial charge on any atom is 0.295 e. The molecule has 1 aromatic rings. The van der Waals surface area contributed by atoms with Gasteiger partial charge in [-0.15, -0.1) is 0 Å². The van der Waals surface area contributed by atoms with Gasteiger partial charge in [0.2, 0.25) is 0 Å². The first-order valence-electron chi connectivity index (χ1n) is 3.26. The van der Waals surface area contributed by atoms with Crippen LogP contribution in [0, 0.1) is 5.82 Å². The first kappa shape index (κ1) is 11.0. The standard InChI is InChI=1S/C7H3BrFNO3S/c8-5-1-2-7(6(9)3-5)14(12,13)10-4-11/h1-3H. The van der Waals surface area contributed by atoms with E-state index in [4.69, 9.17) is 0 Å². The Morgan fingerprint density at radius 3 is 2.57 bits per heavy atom. The molecule has 14 heavy (non-hydrogen) atoms. The second-order valence-electron chi connectivity index (χ2n) is 2.23. The van der Waals surface area contributed by atoms with Crippen molar-refractivity contribution in [3.05, 3.63) is 28.5 Å². The van der Waals surface area contributed by atoms with Gasteiger partial charge in [0.1, 0.15) is 10.7 Å². The Hall–Kier alpha value is -1.04. The minimum absolute atomic E-state index is 0.393. The van der Waals surface area contributed by atoms with E-state index in [0.29, 0.717) is 4.47 Å². The van der Waals surface area contributed by atoms with Crippen LogP contribution < -0.4 is 0 Å². The maximum atomic E-state index is 13.1. The summed E-state index contributed by atoms with van der Waals surface area (Å²) >= 11 is 2.96. The van der Waals surface area contributed by atoms with Crippen molar-refractivity contribution in [2.75, 3.05) is 0 Å². The molecule has 0 unspecified atom stereocenters. The molecule has 0 amide bonds. The van der Waals surface area contributed by atoms with Crippen LogP contribution in [0.15, 0.2) is 32.0 Å². The number of hydrogen-bond acceptors (Lipinski definition) is 3. The molecule has 0 radical (unpaired) electrons. The Morgan fingerprint density at radius 2 is 2.07 bits per heavy atom. The summed E-state index contributed by atoms with van der Waals surface area (Å²) < 4.78 is 38.2. The summed E-state index contributed by atoms with van der Waals surface area (Å²) in [7, 11) is -4.25. The van der Waals surface area contributed by atoms with Gasteiger partial charge in [-0.1, -0.05) is 20.3 Å². The van der Waals surface area contributed by atoms with E-state index in [0.717, 1.165) is 18.2 Å². The molecule has 0 aliphatic heterocycles. The Morgan fingerprint density at radius 1 is 1.43 bits per heavy atom. The minimum atomic E-state index is -4.25. The van der Waals surface area contributed by atoms with Crippen molar-refractivity contribution in [2.24, 2.45) is 4.40 Å². The summed E-state index contributed by atoms with van der Waals surface area (Å²) in [5, 5.41) is 0. The molecule has 0 aromatic heterocycles. The van der Waals surface area contributed by atoms with Gasteiger partial charge in [-0.3, -0.25) is 0 Å². The van der Waals surface area contributed by atoms with E-state index in [1.807, 2.05) is 0 Å². The molecule has 0 aliphatic rings. The summed E-state index contributed by atoms with van der Waals surface area (Å²) in [4.78, 5) is 9.12. The number of nitrogens with zero attached hydrogens (tertiary/aromatic N) is 1. The Bertz CT molecular complexity index is 508. The molecule has 0 atom stereocenters. The molecule has 0 N–H and O–H groups in total. The molecule has 74 valence electrons. The number of carbonyl (C=O) groups excluding carboxylic acids is 1. The Balaban J connectivity index is 3.41. The monoisotopic (exact) mass is 279 g/mol. The number of benzene rings is 1. The predicted molar refractivity (Wildman–Crippen MR) is 49.4 cm³/mol. The van der Waals surface area contributed by atoms with Gasteiger partial charge in [-0.25, -0.2) is 9.18 Å². The van der Waals surface area contributed by atoms with E-state index in [1.165, 1.54) is 6.07 Å². The third kappa shape index (κ3) is 2.25. The number of sulfonamides is 1. The van der Waals surface area contributed by atoms with Crippen LogP contribution in [-0.2, 0) is 14.8 Å². The van der Waals surface area contributed by atoms with Crippen LogP contribution in [0.5, 0.6) is 0 Å². The topological polar surface area (TPSA) is 63.6 Å². The van der Waals surface area contributed by atoms with Gasteiger partial charge >= 0.3 is 0 Å². The van der Waals surface area contributed by atoms with E-state index >= 15 is 0 Å². The Labute approximate surface area is 87.6 Å². The number of hydrogen-bond donors (Lipinski definition) is 0. The average molecular weight is 280 g/mol.